The average Bonchev–Trinajstić information content (AvgIpc) is 2.78. The van der Waals surface area contributed by atoms with E-state index in [0.717, 1.165) is 15.8 Å². The topological polar surface area (TPSA) is 81.5 Å². The van der Waals surface area contributed by atoms with Crippen LogP contribution in [-0.4, -0.2) is 39.7 Å². The van der Waals surface area contributed by atoms with Crippen molar-refractivity contribution in [3.63, 3.8) is 0 Å². The van der Waals surface area contributed by atoms with E-state index in [9.17, 15) is 14.4 Å². The molecule has 0 unspecified atom stereocenters. The van der Waals surface area contributed by atoms with Crippen LogP contribution in [0, 0.1) is 0 Å². The molecule has 0 bridgehead atoms. The highest BCUT2D eigenvalue weighted by molar-refractivity contribution is 5.89. The zero-order valence-electron chi connectivity index (χ0n) is 16.7. The first-order chi connectivity index (χ1) is 14.5. The number of aryl methyl sites for hydroxylation is 1. The third-order valence-electron chi connectivity index (χ3n) is 4.58. The van der Waals surface area contributed by atoms with E-state index in [2.05, 4.69) is 5.10 Å². The van der Waals surface area contributed by atoms with Gasteiger partial charge in [-0.3, -0.25) is 9.59 Å². The highest BCUT2D eigenvalue weighted by atomic mass is 16.5. The Morgan fingerprint density at radius 3 is 2.20 bits per heavy atom. The second-order valence-electron chi connectivity index (χ2n) is 6.79. The van der Waals surface area contributed by atoms with E-state index in [1.54, 1.807) is 4.90 Å². The fourth-order valence-corrected chi connectivity index (χ4v) is 2.91. The molecule has 0 saturated carbocycles. The van der Waals surface area contributed by atoms with Gasteiger partial charge in [0.25, 0.3) is 11.5 Å². The molecular weight excluding hydrogens is 382 g/mol. The average molecular weight is 405 g/mol. The maximum absolute atomic E-state index is 12.8. The van der Waals surface area contributed by atoms with Gasteiger partial charge < -0.3 is 9.64 Å². The van der Waals surface area contributed by atoms with E-state index < -0.39 is 12.6 Å². The van der Waals surface area contributed by atoms with Crippen LogP contribution in [0.15, 0.2) is 77.6 Å². The quantitative estimate of drug-likeness (QED) is 0.537. The summed E-state index contributed by atoms with van der Waals surface area (Å²) in [5.74, 6) is -1.05. The Morgan fingerprint density at radius 2 is 1.57 bits per heavy atom. The van der Waals surface area contributed by atoms with Crippen molar-refractivity contribution < 1.29 is 14.3 Å². The normalized spacial score (nSPS) is 10.4. The number of rotatable bonds is 8. The van der Waals surface area contributed by atoms with Gasteiger partial charge >= 0.3 is 5.97 Å². The molecule has 0 saturated heterocycles. The molecule has 0 aliphatic carbocycles. The third kappa shape index (κ3) is 5.88. The molecule has 1 aromatic heterocycles. The van der Waals surface area contributed by atoms with Crippen LogP contribution in [0.3, 0.4) is 0 Å². The predicted octanol–water partition coefficient (Wildman–Crippen LogP) is 2.21. The van der Waals surface area contributed by atoms with E-state index >= 15 is 0 Å². The maximum Gasteiger partial charge on any atom is 0.359 e. The summed E-state index contributed by atoms with van der Waals surface area (Å²) in [7, 11) is 1.44. The fourth-order valence-electron chi connectivity index (χ4n) is 2.91. The molecule has 0 N–H and O–H groups in total. The molecular formula is C23H23N3O4. The molecule has 3 aromatic rings. The molecule has 0 spiro atoms. The first kappa shape index (κ1) is 21.0. The number of esters is 1. The summed E-state index contributed by atoms with van der Waals surface area (Å²) in [6.07, 6.45) is 0.690. The number of benzene rings is 2. The van der Waals surface area contributed by atoms with Crippen LogP contribution >= 0.6 is 0 Å². The second-order valence-corrected chi connectivity index (χ2v) is 6.79. The molecule has 7 heteroatoms. The van der Waals surface area contributed by atoms with Gasteiger partial charge in [-0.05, 0) is 23.6 Å². The van der Waals surface area contributed by atoms with E-state index in [1.807, 2.05) is 60.7 Å². The van der Waals surface area contributed by atoms with Crippen molar-refractivity contribution in [3.05, 3.63) is 100.0 Å². The number of amides is 1. The van der Waals surface area contributed by atoms with Gasteiger partial charge in [0.2, 0.25) is 0 Å². The van der Waals surface area contributed by atoms with Gasteiger partial charge in [0, 0.05) is 26.2 Å². The van der Waals surface area contributed by atoms with E-state index in [0.29, 0.717) is 19.5 Å². The number of carbonyl (C=O) groups is 2. The van der Waals surface area contributed by atoms with Crippen LogP contribution < -0.4 is 5.56 Å². The Balaban J connectivity index is 1.64. The maximum atomic E-state index is 12.8. The van der Waals surface area contributed by atoms with E-state index in [4.69, 9.17) is 4.74 Å². The minimum Gasteiger partial charge on any atom is -0.451 e. The SMILES string of the molecule is Cn1nc(C(=O)OCC(=O)N(CCc2ccccc2)Cc2ccccc2)ccc1=O. The lowest BCUT2D eigenvalue weighted by atomic mass is 10.1. The summed E-state index contributed by atoms with van der Waals surface area (Å²) in [5, 5.41) is 3.84. The smallest absolute Gasteiger partial charge is 0.359 e. The number of nitrogens with zero attached hydrogens (tertiary/aromatic N) is 3. The molecule has 1 amide bonds. The number of hydrogen-bond acceptors (Lipinski definition) is 5. The number of aromatic nitrogens is 2. The summed E-state index contributed by atoms with van der Waals surface area (Å²) in [4.78, 5) is 38.1. The summed E-state index contributed by atoms with van der Waals surface area (Å²) in [6.45, 7) is 0.514. The number of hydrogen-bond donors (Lipinski definition) is 0. The fraction of sp³-hybridized carbons (Fsp3) is 0.217. The van der Waals surface area contributed by atoms with Gasteiger partial charge in [-0.2, -0.15) is 5.10 Å². The standard InChI is InChI=1S/C23H23N3O4/c1-25-21(27)13-12-20(24-25)23(29)30-17-22(28)26(16-19-10-6-3-7-11-19)15-14-18-8-4-2-5-9-18/h2-13H,14-17H2,1H3. The second kappa shape index (κ2) is 10.2. The first-order valence-electron chi connectivity index (χ1n) is 9.60. The van der Waals surface area contributed by atoms with Crippen LogP contribution in [-0.2, 0) is 29.5 Å². The van der Waals surface area contributed by atoms with Gasteiger partial charge in [-0.15, -0.1) is 0 Å². The van der Waals surface area contributed by atoms with E-state index in [-0.39, 0.29) is 17.2 Å². The zero-order chi connectivity index (χ0) is 21.3. The largest absolute Gasteiger partial charge is 0.451 e. The van der Waals surface area contributed by atoms with Gasteiger partial charge in [-0.25, -0.2) is 9.48 Å². The molecule has 0 fully saturated rings. The van der Waals surface area contributed by atoms with E-state index in [1.165, 1.54) is 19.2 Å². The Hall–Kier alpha value is -3.74. The highest BCUT2D eigenvalue weighted by Gasteiger charge is 2.18. The Morgan fingerprint density at radius 1 is 0.933 bits per heavy atom. The molecule has 0 radical (unpaired) electrons. The Labute approximate surface area is 174 Å². The lowest BCUT2D eigenvalue weighted by Gasteiger charge is -2.23. The predicted molar refractivity (Wildman–Crippen MR) is 112 cm³/mol. The molecule has 1 heterocycles. The van der Waals surface area contributed by atoms with Crippen molar-refractivity contribution in [3.8, 4) is 0 Å². The van der Waals surface area contributed by atoms with Crippen molar-refractivity contribution in [2.24, 2.45) is 7.05 Å². The molecule has 3 rings (SSSR count). The van der Waals surface area contributed by atoms with Crippen LogP contribution in [0.25, 0.3) is 0 Å². The monoisotopic (exact) mass is 405 g/mol. The number of carbonyl (C=O) groups excluding carboxylic acids is 2. The van der Waals surface area contributed by atoms with Gasteiger partial charge in [0.05, 0.1) is 0 Å². The zero-order valence-corrected chi connectivity index (χ0v) is 16.7. The van der Waals surface area contributed by atoms with Gasteiger partial charge in [0.1, 0.15) is 0 Å². The van der Waals surface area contributed by atoms with Crippen LogP contribution in [0.4, 0.5) is 0 Å². The van der Waals surface area contributed by atoms with Gasteiger partial charge in [0.15, 0.2) is 12.3 Å². The molecule has 2 aromatic carbocycles. The van der Waals surface area contributed by atoms with Crippen molar-refractivity contribution in [2.45, 2.75) is 13.0 Å². The van der Waals surface area contributed by atoms with Crippen molar-refractivity contribution >= 4 is 11.9 Å². The van der Waals surface area contributed by atoms with Gasteiger partial charge in [-0.1, -0.05) is 60.7 Å². The highest BCUT2D eigenvalue weighted by Crippen LogP contribution is 2.08. The molecule has 0 atom stereocenters. The van der Waals surface area contributed by atoms with Crippen LogP contribution in [0.1, 0.15) is 21.6 Å². The molecule has 0 aliphatic heterocycles. The minimum atomic E-state index is -0.748. The lowest BCUT2D eigenvalue weighted by molar-refractivity contribution is -0.135. The van der Waals surface area contributed by atoms with Crippen LogP contribution in [0.2, 0.25) is 0 Å². The Kier molecular flexibility index (Phi) is 7.10. The lowest BCUT2D eigenvalue weighted by Crippen LogP contribution is -2.36. The molecule has 30 heavy (non-hydrogen) atoms. The number of ether oxygens (including phenoxy) is 1. The third-order valence-corrected chi connectivity index (χ3v) is 4.58. The Bertz CT molecular complexity index is 1050. The summed E-state index contributed by atoms with van der Waals surface area (Å²) in [5.41, 5.74) is 1.75. The van der Waals surface area contributed by atoms with Crippen molar-refractivity contribution in [1.29, 1.82) is 0 Å². The first-order valence-corrected chi connectivity index (χ1v) is 9.60. The summed E-state index contributed by atoms with van der Waals surface area (Å²) in [6, 6.07) is 22.0. The van der Waals surface area contributed by atoms with Crippen LogP contribution in [0.5, 0.6) is 0 Å². The van der Waals surface area contributed by atoms with Crippen molar-refractivity contribution in [2.75, 3.05) is 13.2 Å². The summed E-state index contributed by atoms with van der Waals surface area (Å²) < 4.78 is 6.19. The molecule has 154 valence electrons. The minimum absolute atomic E-state index is 0.0243. The molecule has 7 nitrogen and oxygen atoms in total. The molecule has 0 aliphatic rings. The van der Waals surface area contributed by atoms with Crippen molar-refractivity contribution in [1.82, 2.24) is 14.7 Å². The summed E-state index contributed by atoms with van der Waals surface area (Å²) >= 11 is 0.